The molecule has 2 atom stereocenters. The summed E-state index contributed by atoms with van der Waals surface area (Å²) in [6, 6.07) is 5.93. The van der Waals surface area contributed by atoms with Crippen LogP contribution in [0.2, 0.25) is 0 Å². The van der Waals surface area contributed by atoms with Crippen LogP contribution in [0.5, 0.6) is 5.75 Å². The van der Waals surface area contributed by atoms with Gasteiger partial charge in [-0.1, -0.05) is 18.6 Å². The molecule has 150 valence electrons. The number of ether oxygens (including phenoxy) is 1. The zero-order chi connectivity index (χ0) is 20.1. The van der Waals surface area contributed by atoms with Crippen molar-refractivity contribution >= 4 is 13.3 Å². The molecule has 0 aliphatic carbocycles. The van der Waals surface area contributed by atoms with Crippen molar-refractivity contribution in [3.8, 4) is 5.75 Å². The fourth-order valence-corrected chi connectivity index (χ4v) is 4.84. The molecule has 1 aliphatic heterocycles. The third kappa shape index (κ3) is 5.06. The van der Waals surface area contributed by atoms with Crippen molar-refractivity contribution in [1.29, 1.82) is 0 Å². The summed E-state index contributed by atoms with van der Waals surface area (Å²) in [5.74, 6) is -0.244. The zero-order valence-electron chi connectivity index (χ0n) is 14.6. The first-order valence-electron chi connectivity index (χ1n) is 8.43. The predicted octanol–water partition coefficient (Wildman–Crippen LogP) is 2.80. The van der Waals surface area contributed by atoms with Crippen LogP contribution in [-0.4, -0.2) is 45.7 Å². The van der Waals surface area contributed by atoms with E-state index in [1.165, 1.54) is 18.3 Å². The summed E-state index contributed by atoms with van der Waals surface area (Å²) in [5, 5.41) is 7.92. The summed E-state index contributed by atoms with van der Waals surface area (Å²) < 4.78 is 41.3. The summed E-state index contributed by atoms with van der Waals surface area (Å²) in [7, 11) is -4.06. The van der Waals surface area contributed by atoms with Gasteiger partial charge in [-0.2, -0.15) is 8.78 Å². The summed E-state index contributed by atoms with van der Waals surface area (Å²) >= 11 is 0. The maximum Gasteiger partial charge on any atom is 0.387 e. The highest BCUT2D eigenvalue weighted by Gasteiger charge is 2.54. The molecule has 0 spiro atoms. The van der Waals surface area contributed by atoms with Gasteiger partial charge in [0.1, 0.15) is 5.75 Å². The molecule has 27 heavy (non-hydrogen) atoms. The molecule has 0 bridgehead atoms. The molecule has 0 amide bonds. The molecule has 0 radical (unpaired) electrons. The van der Waals surface area contributed by atoms with Crippen LogP contribution in [0.25, 0.3) is 0 Å². The smallest absolute Gasteiger partial charge is 0.387 e. The van der Waals surface area contributed by atoms with Gasteiger partial charge in [-0.3, -0.25) is 9.36 Å². The highest BCUT2D eigenvalue weighted by molar-refractivity contribution is 7.64. The third-order valence-corrected chi connectivity index (χ3v) is 6.85. The quantitative estimate of drug-likeness (QED) is 0.428. The van der Waals surface area contributed by atoms with Gasteiger partial charge in [0.2, 0.25) is 7.37 Å². The van der Waals surface area contributed by atoms with Crippen LogP contribution in [0, 0.1) is 0 Å². The highest BCUT2D eigenvalue weighted by Crippen LogP contribution is 2.60. The number of carbonyl (C=O) groups is 1. The maximum atomic E-state index is 12.6. The molecule has 10 heteroatoms. The number of carboxylic acid groups (broad SMARTS) is 1. The average molecular weight is 404 g/mol. The number of nitrogens with two attached hydrogens (primary N) is 1. The first kappa shape index (κ1) is 21.3. The van der Waals surface area contributed by atoms with Crippen LogP contribution in [-0.2, 0) is 15.9 Å². The van der Waals surface area contributed by atoms with Crippen LogP contribution >= 0.6 is 7.37 Å². The summed E-state index contributed by atoms with van der Waals surface area (Å²) in [6.07, 6.45) is 2.43. The monoisotopic (exact) mass is 404 g/mol. The van der Waals surface area contributed by atoms with E-state index in [2.05, 4.69) is 4.74 Å². The maximum absolute atomic E-state index is 12.6. The van der Waals surface area contributed by atoms with E-state index >= 15 is 0 Å². The minimum atomic E-state index is -4.06. The van der Waals surface area contributed by atoms with Crippen LogP contribution in [0.1, 0.15) is 24.8 Å². The van der Waals surface area contributed by atoms with Gasteiger partial charge < -0.3 is 25.4 Å². The fraction of sp³-hybridized carbons (Fsp3) is 0.471. The van der Waals surface area contributed by atoms with Gasteiger partial charge in [-0.05, 0) is 37.1 Å². The van der Waals surface area contributed by atoms with E-state index in [4.69, 9.17) is 5.73 Å². The Balaban J connectivity index is 2.16. The van der Waals surface area contributed by atoms with Gasteiger partial charge in [0, 0.05) is 25.1 Å². The number of hydrogen-bond donors (Lipinski definition) is 3. The number of halogens is 2. The lowest BCUT2D eigenvalue weighted by molar-refractivity contribution is -0.141. The van der Waals surface area contributed by atoms with Gasteiger partial charge in [-0.15, -0.1) is 0 Å². The van der Waals surface area contributed by atoms with Crippen LogP contribution < -0.4 is 10.5 Å². The lowest BCUT2D eigenvalue weighted by Gasteiger charge is -2.40. The van der Waals surface area contributed by atoms with Crippen molar-refractivity contribution in [3.05, 3.63) is 41.8 Å². The van der Waals surface area contributed by atoms with Crippen molar-refractivity contribution in [3.63, 3.8) is 0 Å². The molecule has 0 saturated carbocycles. The van der Waals surface area contributed by atoms with E-state index in [9.17, 15) is 28.1 Å². The number of benzene rings is 1. The Morgan fingerprint density at radius 1 is 1.33 bits per heavy atom. The molecule has 1 heterocycles. The van der Waals surface area contributed by atoms with Crippen LogP contribution in [0.15, 0.2) is 36.3 Å². The molecule has 2 rings (SSSR count). The Labute approximate surface area is 155 Å². The van der Waals surface area contributed by atoms with Gasteiger partial charge in [0.05, 0.1) is 0 Å². The second-order valence-corrected chi connectivity index (χ2v) is 8.83. The molecular weight excluding hydrogens is 381 g/mol. The molecule has 1 aromatic rings. The Morgan fingerprint density at radius 2 is 2.00 bits per heavy atom. The van der Waals surface area contributed by atoms with Gasteiger partial charge >= 0.3 is 12.6 Å². The molecule has 0 saturated heterocycles. The standard InChI is InChI=1S/C17H23F2N2O5P/c18-16(19)26-14-5-3-13(4-6-14)11-21-9-10-27(24,25)17(12-21,15(22)23)7-1-2-8-20/h3-6,9-10,16H,1-2,7-8,11-12,20H2,(H,22,23)(H,24,25). The lowest BCUT2D eigenvalue weighted by Crippen LogP contribution is -2.49. The van der Waals surface area contributed by atoms with Crippen molar-refractivity contribution in [2.75, 3.05) is 13.1 Å². The Hall–Kier alpha value is -1.96. The van der Waals surface area contributed by atoms with Crippen LogP contribution in [0.4, 0.5) is 8.78 Å². The van der Waals surface area contributed by atoms with E-state index < -0.39 is 25.1 Å². The second kappa shape index (κ2) is 8.82. The highest BCUT2D eigenvalue weighted by atomic mass is 31.2. The number of carboxylic acids is 1. The SMILES string of the molecule is NCCCCC1(C(=O)O)CN(Cc2ccc(OC(F)F)cc2)C=CP1(=O)O. The zero-order valence-corrected chi connectivity index (χ0v) is 15.5. The van der Waals surface area contributed by atoms with Crippen LogP contribution in [0.3, 0.4) is 0 Å². The Bertz CT molecular complexity index is 729. The largest absolute Gasteiger partial charge is 0.480 e. The summed E-state index contributed by atoms with van der Waals surface area (Å²) in [6.45, 7) is -2.41. The topological polar surface area (TPSA) is 113 Å². The predicted molar refractivity (Wildman–Crippen MR) is 95.7 cm³/mol. The Morgan fingerprint density at radius 3 is 2.56 bits per heavy atom. The number of unbranched alkanes of at least 4 members (excludes halogenated alkanes) is 1. The van der Waals surface area contributed by atoms with Crippen molar-refractivity contribution in [2.45, 2.75) is 37.6 Å². The van der Waals surface area contributed by atoms with E-state index in [1.807, 2.05) is 0 Å². The van der Waals surface area contributed by atoms with Crippen molar-refractivity contribution in [1.82, 2.24) is 4.90 Å². The summed E-state index contributed by atoms with van der Waals surface area (Å²) in [5.41, 5.74) is 6.16. The van der Waals surface area contributed by atoms with E-state index in [1.54, 1.807) is 17.0 Å². The number of alkyl halides is 2. The normalized spacial score (nSPS) is 25.0. The second-order valence-electron chi connectivity index (χ2n) is 6.43. The van der Waals surface area contributed by atoms with Gasteiger partial charge in [0.25, 0.3) is 0 Å². The lowest BCUT2D eigenvalue weighted by atomic mass is 9.99. The molecule has 4 N–H and O–H groups in total. The number of hydrogen-bond acceptors (Lipinski definition) is 5. The number of aliphatic carboxylic acids is 1. The van der Waals surface area contributed by atoms with Crippen molar-refractivity contribution < 1.29 is 32.9 Å². The minimum Gasteiger partial charge on any atom is -0.480 e. The number of rotatable bonds is 9. The molecular formula is C17H23F2N2O5P. The first-order chi connectivity index (χ1) is 12.7. The van der Waals surface area contributed by atoms with E-state index in [0.29, 0.717) is 19.4 Å². The molecule has 1 aromatic carbocycles. The van der Waals surface area contributed by atoms with E-state index in [0.717, 1.165) is 11.4 Å². The third-order valence-electron chi connectivity index (χ3n) is 4.53. The van der Waals surface area contributed by atoms with Crippen molar-refractivity contribution in [2.24, 2.45) is 5.73 Å². The molecule has 7 nitrogen and oxygen atoms in total. The van der Waals surface area contributed by atoms with Gasteiger partial charge in [-0.25, -0.2) is 0 Å². The van der Waals surface area contributed by atoms with E-state index in [-0.39, 0.29) is 25.3 Å². The summed E-state index contributed by atoms with van der Waals surface area (Å²) in [4.78, 5) is 23.9. The minimum absolute atomic E-state index is 0.0180. The van der Waals surface area contributed by atoms with Gasteiger partial charge in [0.15, 0.2) is 5.16 Å². The fourth-order valence-electron chi connectivity index (χ4n) is 3.05. The molecule has 0 aromatic heterocycles. The molecule has 2 unspecified atom stereocenters. The molecule has 1 aliphatic rings. The molecule has 0 fully saturated rings. The average Bonchev–Trinajstić information content (AvgIpc) is 2.59. The first-order valence-corrected chi connectivity index (χ1v) is 10.2. The Kier molecular flexibility index (Phi) is 6.97. The number of nitrogens with zero attached hydrogens (tertiary/aromatic N) is 1.